The molecular formula is C14H22. The average molecular weight is 190 g/mol. The van der Waals surface area contributed by atoms with E-state index < -0.39 is 0 Å². The Bertz CT molecular complexity index is 258. The Morgan fingerprint density at radius 1 is 0.429 bits per heavy atom. The Morgan fingerprint density at radius 3 is 1.21 bits per heavy atom. The second-order valence-corrected chi connectivity index (χ2v) is 6.70. The van der Waals surface area contributed by atoms with Crippen LogP contribution in [-0.2, 0) is 0 Å². The van der Waals surface area contributed by atoms with Gasteiger partial charge in [0.25, 0.3) is 0 Å². The standard InChI is InChI=1S/C14H22/c1-2-5-12(4-1)8-10-14(12)11-9-13(14)6-3-7-13/h1-11H2. The molecule has 0 aromatic carbocycles. The minimum atomic E-state index is 0.895. The summed E-state index contributed by atoms with van der Waals surface area (Å²) in [4.78, 5) is 0. The minimum Gasteiger partial charge on any atom is -0.0527 e. The highest BCUT2D eigenvalue weighted by Gasteiger charge is 2.73. The van der Waals surface area contributed by atoms with Gasteiger partial charge in [-0.05, 0) is 67.6 Å². The summed E-state index contributed by atoms with van der Waals surface area (Å²) in [6, 6.07) is 0. The maximum atomic E-state index is 1.62. The van der Waals surface area contributed by atoms with E-state index in [1.807, 2.05) is 0 Å². The fourth-order valence-electron chi connectivity index (χ4n) is 5.89. The molecule has 0 heteroatoms. The smallest absolute Gasteiger partial charge is 0.0184 e. The fourth-order valence-corrected chi connectivity index (χ4v) is 5.89. The molecule has 0 nitrogen and oxygen atoms in total. The zero-order chi connectivity index (χ0) is 9.28. The van der Waals surface area contributed by atoms with E-state index in [2.05, 4.69) is 0 Å². The van der Waals surface area contributed by atoms with Gasteiger partial charge in [0, 0.05) is 0 Å². The first kappa shape index (κ1) is 8.19. The van der Waals surface area contributed by atoms with Gasteiger partial charge in [-0.25, -0.2) is 0 Å². The second kappa shape index (κ2) is 2.23. The van der Waals surface area contributed by atoms with Gasteiger partial charge in [-0.1, -0.05) is 19.3 Å². The fraction of sp³-hybridized carbons (Fsp3) is 1.00. The lowest BCUT2D eigenvalue weighted by Gasteiger charge is -2.77. The Morgan fingerprint density at radius 2 is 0.929 bits per heavy atom. The van der Waals surface area contributed by atoms with Crippen LogP contribution in [0.25, 0.3) is 0 Å². The molecule has 4 saturated carbocycles. The van der Waals surface area contributed by atoms with E-state index in [0.29, 0.717) is 0 Å². The van der Waals surface area contributed by atoms with Crippen LogP contribution >= 0.6 is 0 Å². The van der Waals surface area contributed by atoms with Crippen molar-refractivity contribution in [2.75, 3.05) is 0 Å². The van der Waals surface area contributed by atoms with E-state index in [-0.39, 0.29) is 0 Å². The molecular weight excluding hydrogens is 168 g/mol. The van der Waals surface area contributed by atoms with Crippen LogP contribution in [0.15, 0.2) is 0 Å². The van der Waals surface area contributed by atoms with Crippen molar-refractivity contribution in [3.63, 3.8) is 0 Å². The van der Waals surface area contributed by atoms with Gasteiger partial charge in [0.1, 0.15) is 0 Å². The summed E-state index contributed by atoms with van der Waals surface area (Å²) in [5.74, 6) is 0. The lowest BCUT2D eigenvalue weighted by molar-refractivity contribution is -0.273. The van der Waals surface area contributed by atoms with Crippen molar-refractivity contribution in [3.05, 3.63) is 0 Å². The zero-order valence-corrected chi connectivity index (χ0v) is 9.28. The minimum absolute atomic E-state index is 0.895. The molecule has 78 valence electrons. The number of hydrogen-bond donors (Lipinski definition) is 0. The first-order valence-electron chi connectivity index (χ1n) is 6.83. The van der Waals surface area contributed by atoms with Crippen LogP contribution in [0.1, 0.15) is 70.6 Å². The lowest BCUT2D eigenvalue weighted by atomic mass is 9.28. The predicted octanol–water partition coefficient (Wildman–Crippen LogP) is 4.29. The first-order valence-corrected chi connectivity index (χ1v) is 6.83. The number of rotatable bonds is 0. The maximum Gasteiger partial charge on any atom is -0.0184 e. The third kappa shape index (κ3) is 0.605. The van der Waals surface area contributed by atoms with E-state index in [1.54, 1.807) is 70.6 Å². The first-order chi connectivity index (χ1) is 6.83. The van der Waals surface area contributed by atoms with Crippen LogP contribution < -0.4 is 0 Å². The van der Waals surface area contributed by atoms with Crippen LogP contribution in [-0.4, -0.2) is 0 Å². The highest BCUT2D eigenvalue weighted by molar-refractivity contribution is 5.23. The van der Waals surface area contributed by atoms with Gasteiger partial charge in [0.2, 0.25) is 0 Å². The van der Waals surface area contributed by atoms with Gasteiger partial charge < -0.3 is 0 Å². The Labute approximate surface area is 87.5 Å². The molecule has 4 rings (SSSR count). The highest BCUT2D eigenvalue weighted by atomic mass is 14.8. The van der Waals surface area contributed by atoms with E-state index in [1.165, 1.54) is 0 Å². The van der Waals surface area contributed by atoms with Crippen LogP contribution in [0.3, 0.4) is 0 Å². The molecule has 4 aliphatic rings. The summed E-state index contributed by atoms with van der Waals surface area (Å²) >= 11 is 0. The average Bonchev–Trinajstić information content (AvgIpc) is 2.47. The van der Waals surface area contributed by atoms with Crippen molar-refractivity contribution in [1.29, 1.82) is 0 Å². The molecule has 4 aliphatic carbocycles. The summed E-state index contributed by atoms with van der Waals surface area (Å²) in [5.41, 5.74) is 2.72. The summed E-state index contributed by atoms with van der Waals surface area (Å²) in [7, 11) is 0. The molecule has 0 bridgehead atoms. The van der Waals surface area contributed by atoms with Crippen LogP contribution in [0.2, 0.25) is 0 Å². The molecule has 1 unspecified atom stereocenters. The van der Waals surface area contributed by atoms with Crippen LogP contribution in [0.5, 0.6) is 0 Å². The molecule has 0 N–H and O–H groups in total. The third-order valence-electron chi connectivity index (χ3n) is 6.96. The quantitative estimate of drug-likeness (QED) is 0.534. The van der Waals surface area contributed by atoms with E-state index in [4.69, 9.17) is 0 Å². The van der Waals surface area contributed by atoms with E-state index in [0.717, 1.165) is 16.2 Å². The van der Waals surface area contributed by atoms with Crippen molar-refractivity contribution in [1.82, 2.24) is 0 Å². The predicted molar refractivity (Wildman–Crippen MR) is 58.1 cm³/mol. The molecule has 14 heavy (non-hydrogen) atoms. The lowest BCUT2D eigenvalue weighted by Crippen LogP contribution is -2.68. The molecule has 0 aromatic heterocycles. The molecule has 0 heterocycles. The second-order valence-electron chi connectivity index (χ2n) is 6.70. The van der Waals surface area contributed by atoms with Crippen molar-refractivity contribution in [2.24, 2.45) is 16.2 Å². The molecule has 0 aromatic rings. The molecule has 4 fully saturated rings. The zero-order valence-electron chi connectivity index (χ0n) is 9.28. The summed E-state index contributed by atoms with van der Waals surface area (Å²) in [6.07, 6.45) is 17.5. The van der Waals surface area contributed by atoms with Gasteiger partial charge in [0.15, 0.2) is 0 Å². The van der Waals surface area contributed by atoms with Gasteiger partial charge in [-0.3, -0.25) is 0 Å². The monoisotopic (exact) mass is 190 g/mol. The van der Waals surface area contributed by atoms with Crippen molar-refractivity contribution < 1.29 is 0 Å². The molecule has 1 atom stereocenters. The van der Waals surface area contributed by atoms with E-state index >= 15 is 0 Å². The van der Waals surface area contributed by atoms with Crippen LogP contribution in [0, 0.1) is 16.2 Å². The SMILES string of the molecule is C1CCC2(C1)CCC21CCC12CCC2. The largest absolute Gasteiger partial charge is 0.0527 e. The molecule has 3 spiro atoms. The van der Waals surface area contributed by atoms with Gasteiger partial charge in [0.05, 0.1) is 0 Å². The Hall–Kier alpha value is 0. The number of fused-ring (bicyclic) bond motifs is 2. The highest BCUT2D eigenvalue weighted by Crippen LogP contribution is 2.83. The van der Waals surface area contributed by atoms with Crippen molar-refractivity contribution in [3.8, 4) is 0 Å². The molecule has 0 radical (unpaired) electrons. The van der Waals surface area contributed by atoms with Gasteiger partial charge in [-0.2, -0.15) is 0 Å². The molecule has 0 saturated heterocycles. The normalized spacial score (nSPS) is 46.3. The van der Waals surface area contributed by atoms with Gasteiger partial charge >= 0.3 is 0 Å². The summed E-state index contributed by atoms with van der Waals surface area (Å²) in [6.45, 7) is 0. The molecule has 0 amide bonds. The van der Waals surface area contributed by atoms with Crippen LogP contribution in [0.4, 0.5) is 0 Å². The van der Waals surface area contributed by atoms with E-state index in [9.17, 15) is 0 Å². The maximum absolute atomic E-state index is 1.62. The van der Waals surface area contributed by atoms with Crippen molar-refractivity contribution in [2.45, 2.75) is 70.6 Å². The number of hydrogen-bond acceptors (Lipinski definition) is 0. The summed E-state index contributed by atoms with van der Waals surface area (Å²) < 4.78 is 0. The summed E-state index contributed by atoms with van der Waals surface area (Å²) in [5, 5.41) is 0. The topological polar surface area (TPSA) is 0 Å². The Balaban J connectivity index is 1.70. The third-order valence-corrected chi connectivity index (χ3v) is 6.96. The van der Waals surface area contributed by atoms with Crippen molar-refractivity contribution >= 4 is 0 Å². The molecule has 0 aliphatic heterocycles. The Kier molecular flexibility index (Phi) is 1.30. The van der Waals surface area contributed by atoms with Gasteiger partial charge in [-0.15, -0.1) is 0 Å².